The summed E-state index contributed by atoms with van der Waals surface area (Å²) in [4.78, 5) is 4.52. The molecule has 1 heterocycles. The average molecular weight is 345 g/mol. The van der Waals surface area contributed by atoms with E-state index >= 15 is 0 Å². The first-order valence-electron chi connectivity index (χ1n) is 7.69. The maximum atomic E-state index is 4.52. The zero-order valence-electron chi connectivity index (χ0n) is 12.4. The van der Waals surface area contributed by atoms with Gasteiger partial charge in [-0.15, -0.1) is 0 Å². The van der Waals surface area contributed by atoms with Gasteiger partial charge in [-0.2, -0.15) is 0 Å². The van der Waals surface area contributed by atoms with Crippen molar-refractivity contribution in [3.63, 3.8) is 0 Å². The molecule has 0 aliphatic heterocycles. The summed E-state index contributed by atoms with van der Waals surface area (Å²) in [6.45, 7) is 3.07. The maximum Gasteiger partial charge on any atom is 0.0573 e. The van der Waals surface area contributed by atoms with E-state index in [1.54, 1.807) is 0 Å². The first-order valence-corrected chi connectivity index (χ1v) is 8.49. The number of benzene rings is 1. The molecule has 3 heteroatoms. The number of aryl methyl sites for hydroxylation is 2. The maximum absolute atomic E-state index is 4.52. The normalized spacial score (nSPS) is 17.5. The lowest BCUT2D eigenvalue weighted by molar-refractivity contribution is 0.454. The van der Waals surface area contributed by atoms with Gasteiger partial charge in [-0.25, -0.2) is 0 Å². The Morgan fingerprint density at radius 2 is 2.19 bits per heavy atom. The molecule has 0 saturated heterocycles. The molecular weight excluding hydrogens is 324 g/mol. The van der Waals surface area contributed by atoms with Gasteiger partial charge >= 0.3 is 0 Å². The van der Waals surface area contributed by atoms with Crippen LogP contribution in [0.1, 0.15) is 35.7 Å². The Morgan fingerprint density at radius 1 is 1.29 bits per heavy atom. The SMILES string of the molecule is CCc1cccnc1CNC1CCc2cc(Br)ccc2C1. The van der Waals surface area contributed by atoms with Crippen LogP contribution in [0.25, 0.3) is 0 Å². The molecule has 1 aliphatic rings. The summed E-state index contributed by atoms with van der Waals surface area (Å²) in [5.74, 6) is 0. The van der Waals surface area contributed by atoms with Crippen molar-refractivity contribution in [1.29, 1.82) is 0 Å². The monoisotopic (exact) mass is 344 g/mol. The number of nitrogens with zero attached hydrogens (tertiary/aromatic N) is 1. The van der Waals surface area contributed by atoms with E-state index in [1.165, 1.54) is 33.3 Å². The fourth-order valence-electron chi connectivity index (χ4n) is 3.09. The summed E-state index contributed by atoms with van der Waals surface area (Å²) in [7, 11) is 0. The van der Waals surface area contributed by atoms with Gasteiger partial charge < -0.3 is 5.32 Å². The van der Waals surface area contributed by atoms with Gasteiger partial charge in [0, 0.05) is 23.3 Å². The summed E-state index contributed by atoms with van der Waals surface area (Å²) < 4.78 is 1.19. The van der Waals surface area contributed by atoms with Gasteiger partial charge in [0.15, 0.2) is 0 Å². The topological polar surface area (TPSA) is 24.9 Å². The number of fused-ring (bicyclic) bond motifs is 1. The van der Waals surface area contributed by atoms with E-state index in [-0.39, 0.29) is 0 Å². The zero-order valence-corrected chi connectivity index (χ0v) is 14.0. The lowest BCUT2D eigenvalue weighted by atomic mass is 9.88. The molecular formula is C18H21BrN2. The van der Waals surface area contributed by atoms with Gasteiger partial charge in [0.25, 0.3) is 0 Å². The number of hydrogen-bond acceptors (Lipinski definition) is 2. The summed E-state index contributed by atoms with van der Waals surface area (Å²) in [6.07, 6.45) is 6.43. The third-order valence-corrected chi connectivity index (χ3v) is 4.81. The quantitative estimate of drug-likeness (QED) is 0.904. The van der Waals surface area contributed by atoms with Gasteiger partial charge in [-0.05, 0) is 60.6 Å². The highest BCUT2D eigenvalue weighted by molar-refractivity contribution is 9.10. The molecule has 0 radical (unpaired) electrons. The first-order chi connectivity index (χ1) is 10.3. The van der Waals surface area contributed by atoms with Crippen molar-refractivity contribution in [3.05, 3.63) is 63.4 Å². The number of nitrogens with one attached hydrogen (secondary N) is 1. The molecule has 1 unspecified atom stereocenters. The molecule has 2 nitrogen and oxygen atoms in total. The highest BCUT2D eigenvalue weighted by Gasteiger charge is 2.18. The van der Waals surface area contributed by atoms with E-state index in [4.69, 9.17) is 0 Å². The fraction of sp³-hybridized carbons (Fsp3) is 0.389. The van der Waals surface area contributed by atoms with Crippen molar-refractivity contribution in [2.75, 3.05) is 0 Å². The smallest absolute Gasteiger partial charge is 0.0573 e. The third-order valence-electron chi connectivity index (χ3n) is 4.32. The Morgan fingerprint density at radius 3 is 3.05 bits per heavy atom. The van der Waals surface area contributed by atoms with E-state index in [9.17, 15) is 0 Å². The first kappa shape index (κ1) is 14.7. The van der Waals surface area contributed by atoms with E-state index in [1.807, 2.05) is 12.3 Å². The van der Waals surface area contributed by atoms with Crippen LogP contribution in [0, 0.1) is 0 Å². The summed E-state index contributed by atoms with van der Waals surface area (Å²) in [5, 5.41) is 3.69. The second-order valence-corrected chi connectivity index (χ2v) is 6.61. The summed E-state index contributed by atoms with van der Waals surface area (Å²) in [6, 6.07) is 11.4. The average Bonchev–Trinajstić information content (AvgIpc) is 2.53. The van der Waals surface area contributed by atoms with Crippen LogP contribution in [0.15, 0.2) is 41.0 Å². The number of aromatic nitrogens is 1. The van der Waals surface area contributed by atoms with Crippen molar-refractivity contribution in [2.24, 2.45) is 0 Å². The van der Waals surface area contributed by atoms with Gasteiger partial charge in [0.1, 0.15) is 0 Å². The number of rotatable bonds is 4. The molecule has 3 rings (SSSR count). The van der Waals surface area contributed by atoms with E-state index in [0.717, 1.165) is 25.8 Å². The Balaban J connectivity index is 1.64. The Hall–Kier alpha value is -1.19. The van der Waals surface area contributed by atoms with E-state index in [0.29, 0.717) is 6.04 Å². The Bertz CT molecular complexity index is 624. The molecule has 0 fully saturated rings. The lowest BCUT2D eigenvalue weighted by Gasteiger charge is -2.26. The van der Waals surface area contributed by atoms with Crippen LogP contribution >= 0.6 is 15.9 Å². The van der Waals surface area contributed by atoms with Crippen molar-refractivity contribution in [3.8, 4) is 0 Å². The Kier molecular flexibility index (Phi) is 4.71. The van der Waals surface area contributed by atoms with Crippen LogP contribution in [-0.2, 0) is 25.8 Å². The molecule has 0 amide bonds. The molecule has 2 aromatic rings. The number of hydrogen-bond donors (Lipinski definition) is 1. The van der Waals surface area contributed by atoms with Crippen molar-refractivity contribution < 1.29 is 0 Å². The van der Waals surface area contributed by atoms with E-state index < -0.39 is 0 Å². The van der Waals surface area contributed by atoms with Gasteiger partial charge in [-0.1, -0.05) is 35.0 Å². The van der Waals surface area contributed by atoms with Gasteiger partial charge in [0.05, 0.1) is 5.69 Å². The van der Waals surface area contributed by atoms with Crippen molar-refractivity contribution in [2.45, 2.75) is 45.2 Å². The Labute approximate surface area is 135 Å². The number of pyridine rings is 1. The second-order valence-electron chi connectivity index (χ2n) is 5.70. The minimum Gasteiger partial charge on any atom is -0.308 e. The molecule has 21 heavy (non-hydrogen) atoms. The van der Waals surface area contributed by atoms with E-state index in [2.05, 4.69) is 57.4 Å². The molecule has 1 aromatic carbocycles. The highest BCUT2D eigenvalue weighted by atomic mass is 79.9. The minimum atomic E-state index is 0.561. The molecule has 1 aromatic heterocycles. The predicted molar refractivity (Wildman–Crippen MR) is 90.4 cm³/mol. The zero-order chi connectivity index (χ0) is 14.7. The lowest BCUT2D eigenvalue weighted by Crippen LogP contribution is -2.34. The van der Waals surface area contributed by atoms with Crippen molar-refractivity contribution in [1.82, 2.24) is 10.3 Å². The second kappa shape index (κ2) is 6.71. The van der Waals surface area contributed by atoms with Crippen LogP contribution in [-0.4, -0.2) is 11.0 Å². The van der Waals surface area contributed by atoms with Crippen molar-refractivity contribution >= 4 is 15.9 Å². The third kappa shape index (κ3) is 3.53. The van der Waals surface area contributed by atoms with Crippen LogP contribution in [0.4, 0.5) is 0 Å². The van der Waals surface area contributed by atoms with Gasteiger partial charge in [0.2, 0.25) is 0 Å². The largest absolute Gasteiger partial charge is 0.308 e. The molecule has 0 spiro atoms. The van der Waals surface area contributed by atoms with Crippen LogP contribution in [0.5, 0.6) is 0 Å². The van der Waals surface area contributed by atoms with Crippen LogP contribution in [0.2, 0.25) is 0 Å². The summed E-state index contributed by atoms with van der Waals surface area (Å²) in [5.41, 5.74) is 5.53. The standard InChI is InChI=1S/C18H21BrN2/c1-2-13-4-3-9-20-18(13)12-21-17-8-6-14-10-16(19)7-5-15(14)11-17/h3-5,7,9-10,17,21H,2,6,8,11-12H2,1H3. The summed E-state index contributed by atoms with van der Waals surface area (Å²) >= 11 is 3.56. The molecule has 1 N–H and O–H groups in total. The molecule has 0 bridgehead atoms. The molecule has 110 valence electrons. The predicted octanol–water partition coefficient (Wildman–Crippen LogP) is 4.05. The highest BCUT2D eigenvalue weighted by Crippen LogP contribution is 2.25. The van der Waals surface area contributed by atoms with Crippen LogP contribution in [0.3, 0.4) is 0 Å². The molecule has 1 aliphatic carbocycles. The fourth-order valence-corrected chi connectivity index (χ4v) is 3.50. The van der Waals surface area contributed by atoms with Crippen LogP contribution < -0.4 is 5.32 Å². The van der Waals surface area contributed by atoms with Gasteiger partial charge in [-0.3, -0.25) is 4.98 Å². The molecule has 1 atom stereocenters. The number of halogens is 1. The molecule has 0 saturated carbocycles. The minimum absolute atomic E-state index is 0.561.